The molecule has 0 fully saturated rings. The van der Waals surface area contributed by atoms with E-state index in [9.17, 15) is 4.79 Å². The summed E-state index contributed by atoms with van der Waals surface area (Å²) < 4.78 is 16.5. The van der Waals surface area contributed by atoms with Gasteiger partial charge in [-0.25, -0.2) is 0 Å². The van der Waals surface area contributed by atoms with Gasteiger partial charge in [0, 0.05) is 17.5 Å². The fourth-order valence-electron chi connectivity index (χ4n) is 3.59. The van der Waals surface area contributed by atoms with Crippen molar-refractivity contribution in [2.45, 2.75) is 39.7 Å². The number of aryl methyl sites for hydroxylation is 1. The van der Waals surface area contributed by atoms with Gasteiger partial charge in [-0.1, -0.05) is 13.8 Å². The lowest BCUT2D eigenvalue weighted by atomic mass is 9.74. The maximum atomic E-state index is 12.7. The van der Waals surface area contributed by atoms with E-state index in [1.165, 1.54) is 0 Å². The second kappa shape index (κ2) is 5.30. The molecule has 1 amide bonds. The zero-order chi connectivity index (χ0) is 16.9. The van der Waals surface area contributed by atoms with Gasteiger partial charge in [-0.2, -0.15) is 0 Å². The van der Waals surface area contributed by atoms with Crippen molar-refractivity contribution in [3.8, 4) is 11.5 Å². The molecular formula is C19H21NO4. The Labute approximate surface area is 140 Å². The van der Waals surface area contributed by atoms with E-state index in [-0.39, 0.29) is 24.2 Å². The second-order valence-corrected chi connectivity index (χ2v) is 7.37. The highest BCUT2D eigenvalue weighted by Crippen LogP contribution is 2.42. The molecule has 0 radical (unpaired) electrons. The standard InChI is InChI=1S/C19H21NO4/c1-11-6-13-14(8-19(2,3)9-17(13)24-11)20-18(21)12-4-5-15-16(7-12)23-10-22-15/h4-7,14H,8-10H2,1-3H3,(H,20,21). The summed E-state index contributed by atoms with van der Waals surface area (Å²) in [4.78, 5) is 12.7. The van der Waals surface area contributed by atoms with Crippen LogP contribution in [0.5, 0.6) is 11.5 Å². The summed E-state index contributed by atoms with van der Waals surface area (Å²) >= 11 is 0. The van der Waals surface area contributed by atoms with Crippen molar-refractivity contribution in [1.82, 2.24) is 5.32 Å². The third-order valence-electron chi connectivity index (χ3n) is 4.68. The van der Waals surface area contributed by atoms with Crippen molar-refractivity contribution >= 4 is 5.91 Å². The highest BCUT2D eigenvalue weighted by Gasteiger charge is 2.35. The second-order valence-electron chi connectivity index (χ2n) is 7.37. The molecule has 2 aromatic rings. The molecule has 0 saturated carbocycles. The molecule has 126 valence electrons. The fourth-order valence-corrected chi connectivity index (χ4v) is 3.59. The van der Waals surface area contributed by atoms with Gasteiger partial charge in [0.15, 0.2) is 11.5 Å². The number of carbonyl (C=O) groups excluding carboxylic acids is 1. The van der Waals surface area contributed by atoms with Crippen LogP contribution in [0.15, 0.2) is 28.7 Å². The van der Waals surface area contributed by atoms with Crippen LogP contribution < -0.4 is 14.8 Å². The third kappa shape index (κ3) is 2.64. The van der Waals surface area contributed by atoms with Gasteiger partial charge in [-0.15, -0.1) is 0 Å². The molecule has 5 nitrogen and oxygen atoms in total. The molecular weight excluding hydrogens is 306 g/mol. The summed E-state index contributed by atoms with van der Waals surface area (Å²) in [7, 11) is 0. The van der Waals surface area contributed by atoms with Crippen LogP contribution in [-0.4, -0.2) is 12.7 Å². The van der Waals surface area contributed by atoms with Gasteiger partial charge in [0.05, 0.1) is 6.04 Å². The predicted molar refractivity (Wildman–Crippen MR) is 88.3 cm³/mol. The summed E-state index contributed by atoms with van der Waals surface area (Å²) in [5.74, 6) is 3.06. The van der Waals surface area contributed by atoms with E-state index < -0.39 is 0 Å². The number of rotatable bonds is 2. The summed E-state index contributed by atoms with van der Waals surface area (Å²) in [5, 5.41) is 3.16. The minimum atomic E-state index is -0.110. The molecule has 1 unspecified atom stereocenters. The quantitative estimate of drug-likeness (QED) is 0.912. The maximum absolute atomic E-state index is 12.7. The van der Waals surface area contributed by atoms with E-state index in [4.69, 9.17) is 13.9 Å². The minimum Gasteiger partial charge on any atom is -0.466 e. The first-order valence-electron chi connectivity index (χ1n) is 8.21. The van der Waals surface area contributed by atoms with Crippen molar-refractivity contribution in [3.63, 3.8) is 0 Å². The molecule has 1 aliphatic carbocycles. The number of ether oxygens (including phenoxy) is 2. The van der Waals surface area contributed by atoms with E-state index >= 15 is 0 Å². The Balaban J connectivity index is 1.59. The fraction of sp³-hybridized carbons (Fsp3) is 0.421. The molecule has 2 aliphatic rings. The van der Waals surface area contributed by atoms with E-state index in [0.29, 0.717) is 17.1 Å². The van der Waals surface area contributed by atoms with E-state index in [2.05, 4.69) is 19.2 Å². The van der Waals surface area contributed by atoms with Crippen LogP contribution >= 0.6 is 0 Å². The van der Waals surface area contributed by atoms with Gasteiger partial charge in [0.25, 0.3) is 5.91 Å². The smallest absolute Gasteiger partial charge is 0.251 e. The first kappa shape index (κ1) is 15.1. The predicted octanol–water partition coefficient (Wildman–Crippen LogP) is 3.76. The van der Waals surface area contributed by atoms with Crippen LogP contribution in [0, 0.1) is 12.3 Å². The van der Waals surface area contributed by atoms with Crippen molar-refractivity contribution in [3.05, 3.63) is 46.9 Å². The number of carbonyl (C=O) groups is 1. The van der Waals surface area contributed by atoms with Gasteiger partial charge in [-0.05, 0) is 43.0 Å². The zero-order valence-electron chi connectivity index (χ0n) is 14.1. The molecule has 0 saturated heterocycles. The highest BCUT2D eigenvalue weighted by atomic mass is 16.7. The lowest BCUT2D eigenvalue weighted by molar-refractivity contribution is 0.0917. The lowest BCUT2D eigenvalue weighted by Gasteiger charge is -2.34. The Morgan fingerprint density at radius 3 is 2.83 bits per heavy atom. The molecule has 1 N–H and O–H groups in total. The Hall–Kier alpha value is -2.43. The Bertz CT molecular complexity index is 806. The number of hydrogen-bond donors (Lipinski definition) is 1. The highest BCUT2D eigenvalue weighted by molar-refractivity contribution is 5.95. The Morgan fingerprint density at radius 2 is 2.00 bits per heavy atom. The normalized spacial score (nSPS) is 20.5. The average Bonchev–Trinajstić information content (AvgIpc) is 3.10. The van der Waals surface area contributed by atoms with E-state index in [0.717, 1.165) is 29.9 Å². The minimum absolute atomic E-state index is 0.0425. The average molecular weight is 327 g/mol. The summed E-state index contributed by atoms with van der Waals surface area (Å²) in [6.07, 6.45) is 1.78. The zero-order valence-corrected chi connectivity index (χ0v) is 14.1. The van der Waals surface area contributed by atoms with Gasteiger partial charge >= 0.3 is 0 Å². The van der Waals surface area contributed by atoms with Crippen molar-refractivity contribution in [2.24, 2.45) is 5.41 Å². The van der Waals surface area contributed by atoms with Crippen molar-refractivity contribution in [2.75, 3.05) is 6.79 Å². The first-order valence-corrected chi connectivity index (χ1v) is 8.21. The summed E-state index contributed by atoms with van der Waals surface area (Å²) in [6.45, 7) is 6.55. The van der Waals surface area contributed by atoms with E-state index in [1.54, 1.807) is 18.2 Å². The van der Waals surface area contributed by atoms with Crippen LogP contribution in [-0.2, 0) is 6.42 Å². The number of fused-ring (bicyclic) bond motifs is 2. The van der Waals surface area contributed by atoms with Gasteiger partial charge in [0.2, 0.25) is 6.79 Å². The van der Waals surface area contributed by atoms with Gasteiger partial charge < -0.3 is 19.2 Å². The molecule has 1 atom stereocenters. The maximum Gasteiger partial charge on any atom is 0.251 e. The van der Waals surface area contributed by atoms with Crippen LogP contribution in [0.25, 0.3) is 0 Å². The Kier molecular flexibility index (Phi) is 3.34. The summed E-state index contributed by atoms with van der Waals surface area (Å²) in [5.41, 5.74) is 1.76. The van der Waals surface area contributed by atoms with Crippen LogP contribution in [0.1, 0.15) is 53.8 Å². The first-order chi connectivity index (χ1) is 11.4. The molecule has 1 aromatic carbocycles. The topological polar surface area (TPSA) is 60.7 Å². The number of hydrogen-bond acceptors (Lipinski definition) is 4. The van der Waals surface area contributed by atoms with Crippen LogP contribution in [0.4, 0.5) is 0 Å². The Morgan fingerprint density at radius 1 is 1.21 bits per heavy atom. The molecule has 24 heavy (non-hydrogen) atoms. The molecule has 1 aromatic heterocycles. The number of furan rings is 1. The third-order valence-corrected chi connectivity index (χ3v) is 4.68. The van der Waals surface area contributed by atoms with Gasteiger partial charge in [0.1, 0.15) is 11.5 Å². The summed E-state index contributed by atoms with van der Waals surface area (Å²) in [6, 6.07) is 7.26. The molecule has 0 spiro atoms. The number of benzene rings is 1. The van der Waals surface area contributed by atoms with Crippen molar-refractivity contribution < 1.29 is 18.7 Å². The molecule has 5 heteroatoms. The monoisotopic (exact) mass is 327 g/mol. The largest absolute Gasteiger partial charge is 0.466 e. The van der Waals surface area contributed by atoms with Crippen molar-refractivity contribution in [1.29, 1.82) is 0 Å². The number of amides is 1. The molecule has 2 heterocycles. The SMILES string of the molecule is Cc1cc2c(o1)CC(C)(C)CC2NC(=O)c1ccc2c(c1)OCO2. The van der Waals surface area contributed by atoms with Gasteiger partial charge in [-0.3, -0.25) is 4.79 Å². The van der Waals surface area contributed by atoms with E-state index in [1.807, 2.05) is 13.0 Å². The van der Waals surface area contributed by atoms with Crippen LogP contribution in [0.3, 0.4) is 0 Å². The molecule has 0 bridgehead atoms. The van der Waals surface area contributed by atoms with Crippen LogP contribution in [0.2, 0.25) is 0 Å². The molecule has 4 rings (SSSR count). The lowest BCUT2D eigenvalue weighted by Crippen LogP contribution is -2.36. The number of nitrogens with one attached hydrogen (secondary N) is 1. The molecule has 1 aliphatic heterocycles.